The van der Waals surface area contributed by atoms with Gasteiger partial charge in [0.2, 0.25) is 0 Å². The van der Waals surface area contributed by atoms with Crippen molar-refractivity contribution in [1.29, 1.82) is 0 Å². The molecule has 0 fully saturated rings. The molecule has 0 amide bonds. The second-order valence-corrected chi connectivity index (χ2v) is 8.05. The van der Waals surface area contributed by atoms with Gasteiger partial charge in [0, 0.05) is 11.1 Å². The van der Waals surface area contributed by atoms with Gasteiger partial charge in [-0.25, -0.2) is 9.59 Å². The van der Waals surface area contributed by atoms with Gasteiger partial charge in [-0.3, -0.25) is 9.35 Å². The first kappa shape index (κ1) is 30.3. The van der Waals surface area contributed by atoms with Crippen LogP contribution in [-0.2, 0) is 38.7 Å². The Morgan fingerprint density at radius 2 is 1.41 bits per heavy atom. The zero-order chi connectivity index (χ0) is 22.0. The molecular formula is C18H30CaO9S. The summed E-state index contributed by atoms with van der Waals surface area (Å²) in [6.45, 7) is 10.6. The second-order valence-electron chi connectivity index (χ2n) is 6.48. The third-order valence-corrected chi connectivity index (χ3v) is 4.60. The summed E-state index contributed by atoms with van der Waals surface area (Å²) in [5.74, 6) is -2.61. The van der Waals surface area contributed by atoms with E-state index in [2.05, 4.69) is 13.2 Å². The molecule has 0 aliphatic rings. The SMILES string of the molecule is C=C(C)C(=O)OCC(CC)(COC(=O)C(=C)C)C(=O)OCCCCS(=O)(=O)O.[Ca+2].[H-].[H-]. The van der Waals surface area contributed by atoms with Crippen molar-refractivity contribution in [3.05, 3.63) is 24.3 Å². The van der Waals surface area contributed by atoms with Gasteiger partial charge in [0.25, 0.3) is 10.1 Å². The van der Waals surface area contributed by atoms with E-state index in [9.17, 15) is 22.8 Å². The predicted octanol–water partition coefficient (Wildman–Crippen LogP) is 1.68. The number of hydrogen-bond acceptors (Lipinski definition) is 8. The third kappa shape index (κ3) is 12.4. The molecule has 9 nitrogen and oxygen atoms in total. The summed E-state index contributed by atoms with van der Waals surface area (Å²) in [6, 6.07) is 0. The fourth-order valence-corrected chi connectivity index (χ4v) is 2.44. The minimum atomic E-state index is -4.08. The standard InChI is InChI=1S/C18H28O9S.Ca.2H/c1-6-18(11-26-15(19)13(2)3,12-27-16(20)14(4)5)17(21)25-9-7-8-10-28(22,23)24;;;/h2,4,6-12H2,1,3,5H3,(H,22,23,24);;;/q;+2;2*-1. The summed E-state index contributed by atoms with van der Waals surface area (Å²) in [5, 5.41) is 0. The van der Waals surface area contributed by atoms with Crippen LogP contribution < -0.4 is 0 Å². The number of unbranched alkanes of at least 4 members (excludes halogenated alkanes) is 1. The summed E-state index contributed by atoms with van der Waals surface area (Å²) < 4.78 is 45.4. The van der Waals surface area contributed by atoms with Crippen LogP contribution in [0.15, 0.2) is 24.3 Å². The molecule has 164 valence electrons. The minimum absolute atomic E-state index is 0. The quantitative estimate of drug-likeness (QED) is 0.108. The number of esters is 3. The molecular weight excluding hydrogens is 432 g/mol. The number of rotatable bonds is 13. The van der Waals surface area contributed by atoms with E-state index in [4.69, 9.17) is 18.8 Å². The van der Waals surface area contributed by atoms with Crippen molar-refractivity contribution in [3.63, 3.8) is 0 Å². The van der Waals surface area contributed by atoms with Gasteiger partial charge in [0.1, 0.15) is 18.6 Å². The smallest absolute Gasteiger partial charge is 1.00 e. The summed E-state index contributed by atoms with van der Waals surface area (Å²) in [5.41, 5.74) is -1.15. The van der Waals surface area contributed by atoms with Crippen molar-refractivity contribution in [2.45, 2.75) is 40.0 Å². The summed E-state index contributed by atoms with van der Waals surface area (Å²) in [7, 11) is -4.08. The van der Waals surface area contributed by atoms with Crippen LogP contribution in [0.2, 0.25) is 0 Å². The maximum absolute atomic E-state index is 12.6. The molecule has 11 heteroatoms. The molecule has 0 rings (SSSR count). The summed E-state index contributed by atoms with van der Waals surface area (Å²) in [4.78, 5) is 36.0. The normalized spacial score (nSPS) is 11.0. The van der Waals surface area contributed by atoms with E-state index < -0.39 is 39.2 Å². The van der Waals surface area contributed by atoms with Crippen LogP contribution in [0.1, 0.15) is 42.9 Å². The Morgan fingerprint density at radius 1 is 0.966 bits per heavy atom. The fraction of sp³-hybridized carbons (Fsp3) is 0.611. The monoisotopic (exact) mass is 462 g/mol. The Bertz CT molecular complexity index is 694. The molecule has 0 bridgehead atoms. The van der Waals surface area contributed by atoms with Crippen molar-refractivity contribution in [2.24, 2.45) is 5.41 Å². The first-order valence-corrected chi connectivity index (χ1v) is 10.2. The minimum Gasteiger partial charge on any atom is -1.00 e. The van der Waals surface area contributed by atoms with E-state index in [1.165, 1.54) is 13.8 Å². The second kappa shape index (κ2) is 14.1. The largest absolute Gasteiger partial charge is 2.00 e. The molecule has 0 saturated heterocycles. The first-order valence-electron chi connectivity index (χ1n) is 8.62. The van der Waals surface area contributed by atoms with Crippen LogP contribution in [0.4, 0.5) is 0 Å². The number of ether oxygens (including phenoxy) is 3. The van der Waals surface area contributed by atoms with Gasteiger partial charge in [-0.05, 0) is 33.1 Å². The third-order valence-electron chi connectivity index (χ3n) is 3.80. The molecule has 0 aromatic carbocycles. The van der Waals surface area contributed by atoms with Crippen molar-refractivity contribution in [3.8, 4) is 0 Å². The van der Waals surface area contributed by atoms with Gasteiger partial charge in [-0.15, -0.1) is 0 Å². The number of hydrogen-bond donors (Lipinski definition) is 1. The van der Waals surface area contributed by atoms with Gasteiger partial charge >= 0.3 is 55.6 Å². The first-order chi connectivity index (χ1) is 12.8. The van der Waals surface area contributed by atoms with E-state index in [0.717, 1.165) is 0 Å². The molecule has 0 aliphatic heterocycles. The number of carbonyl (C=O) groups excluding carboxylic acids is 3. The molecule has 29 heavy (non-hydrogen) atoms. The van der Waals surface area contributed by atoms with Crippen molar-refractivity contribution in [2.75, 3.05) is 25.6 Å². The van der Waals surface area contributed by atoms with Crippen molar-refractivity contribution < 1.29 is 44.4 Å². The molecule has 0 heterocycles. The summed E-state index contributed by atoms with van der Waals surface area (Å²) in [6.07, 6.45) is 0.437. The van der Waals surface area contributed by atoms with Gasteiger partial charge in [0.15, 0.2) is 0 Å². The Hall–Kier alpha value is -0.940. The molecule has 0 aromatic rings. The zero-order valence-corrected chi connectivity index (χ0v) is 20.2. The van der Waals surface area contributed by atoms with Crippen LogP contribution in [0, 0.1) is 5.41 Å². The van der Waals surface area contributed by atoms with Gasteiger partial charge in [0.05, 0.1) is 12.4 Å². The summed E-state index contributed by atoms with van der Waals surface area (Å²) >= 11 is 0. The Kier molecular flexibility index (Phi) is 14.7. The molecule has 0 aromatic heterocycles. The topological polar surface area (TPSA) is 133 Å². The average molecular weight is 463 g/mol. The van der Waals surface area contributed by atoms with E-state index >= 15 is 0 Å². The molecule has 0 radical (unpaired) electrons. The van der Waals surface area contributed by atoms with E-state index in [0.29, 0.717) is 0 Å². The predicted molar refractivity (Wildman–Crippen MR) is 109 cm³/mol. The van der Waals surface area contributed by atoms with Crippen LogP contribution in [-0.4, -0.2) is 94.2 Å². The van der Waals surface area contributed by atoms with Gasteiger partial charge in [-0.2, -0.15) is 8.42 Å². The van der Waals surface area contributed by atoms with E-state index in [-0.39, 0.29) is 90.8 Å². The average Bonchev–Trinajstić information content (AvgIpc) is 2.59. The molecule has 1 N–H and O–H groups in total. The molecule has 0 saturated carbocycles. The van der Waals surface area contributed by atoms with E-state index in [1.54, 1.807) is 6.92 Å². The van der Waals surface area contributed by atoms with Crippen molar-refractivity contribution in [1.82, 2.24) is 0 Å². The Labute approximate surface area is 204 Å². The molecule has 0 unspecified atom stereocenters. The van der Waals surface area contributed by atoms with E-state index in [1.807, 2.05) is 0 Å². The zero-order valence-electron chi connectivity index (χ0n) is 19.2. The Morgan fingerprint density at radius 3 is 1.76 bits per heavy atom. The van der Waals surface area contributed by atoms with Crippen LogP contribution in [0.25, 0.3) is 0 Å². The van der Waals surface area contributed by atoms with Gasteiger partial charge in [-0.1, -0.05) is 20.1 Å². The van der Waals surface area contributed by atoms with Crippen LogP contribution in [0.5, 0.6) is 0 Å². The van der Waals surface area contributed by atoms with Crippen molar-refractivity contribution >= 4 is 65.8 Å². The fourth-order valence-electron chi connectivity index (χ4n) is 1.87. The Balaban J connectivity index is -0.00000121. The van der Waals surface area contributed by atoms with Gasteiger partial charge < -0.3 is 17.1 Å². The van der Waals surface area contributed by atoms with Crippen LogP contribution in [0.3, 0.4) is 0 Å². The maximum atomic E-state index is 12.6. The molecule has 0 spiro atoms. The van der Waals surface area contributed by atoms with Crippen LogP contribution >= 0.6 is 0 Å². The maximum Gasteiger partial charge on any atom is 2.00 e. The molecule has 0 aliphatic carbocycles. The molecule has 0 atom stereocenters. The number of carbonyl (C=O) groups is 3.